The highest BCUT2D eigenvalue weighted by Gasteiger charge is 2.36. The Morgan fingerprint density at radius 3 is 2.75 bits per heavy atom. The summed E-state index contributed by atoms with van der Waals surface area (Å²) in [6, 6.07) is -0.402. The molecule has 0 aromatic heterocycles. The molecular formula is C10H20N2O4. The highest BCUT2D eigenvalue weighted by molar-refractivity contribution is 5.86. The van der Waals surface area contributed by atoms with E-state index in [9.17, 15) is 4.79 Å². The number of nitrogens with one attached hydrogen (secondary N) is 1. The first-order valence-electron chi connectivity index (χ1n) is 5.40. The van der Waals surface area contributed by atoms with Crippen LogP contribution in [0.1, 0.15) is 12.8 Å². The fraction of sp³-hybridized carbons (Fsp3) is 0.900. The van der Waals surface area contributed by atoms with Crippen LogP contribution < -0.4 is 11.1 Å². The molecule has 0 radical (unpaired) electrons. The van der Waals surface area contributed by atoms with Gasteiger partial charge in [0.1, 0.15) is 0 Å². The number of ether oxygens (including phenoxy) is 2. The molecule has 4 N–H and O–H groups in total. The van der Waals surface area contributed by atoms with Crippen molar-refractivity contribution in [1.82, 2.24) is 5.32 Å². The monoisotopic (exact) mass is 232 g/mol. The third-order valence-electron chi connectivity index (χ3n) is 2.76. The first-order valence-corrected chi connectivity index (χ1v) is 5.40. The predicted octanol–water partition coefficient (Wildman–Crippen LogP) is -1.38. The summed E-state index contributed by atoms with van der Waals surface area (Å²) in [5.74, 6) is -0.244. The fourth-order valence-electron chi connectivity index (χ4n) is 1.63. The Hall–Kier alpha value is -0.690. The van der Waals surface area contributed by atoms with Gasteiger partial charge in [-0.15, -0.1) is 0 Å². The molecule has 94 valence electrons. The van der Waals surface area contributed by atoms with Crippen molar-refractivity contribution in [2.24, 2.45) is 5.73 Å². The lowest BCUT2D eigenvalue weighted by Gasteiger charge is -2.33. The number of amides is 1. The number of hydrogen-bond donors (Lipinski definition) is 3. The van der Waals surface area contributed by atoms with Crippen LogP contribution in [0.4, 0.5) is 0 Å². The van der Waals surface area contributed by atoms with Gasteiger partial charge in [-0.25, -0.2) is 0 Å². The number of rotatable bonds is 5. The molecule has 16 heavy (non-hydrogen) atoms. The van der Waals surface area contributed by atoms with Crippen molar-refractivity contribution in [3.05, 3.63) is 0 Å². The minimum atomic E-state index is -0.876. The number of carbonyl (C=O) groups is 1. The van der Waals surface area contributed by atoms with E-state index in [2.05, 4.69) is 5.32 Å². The molecule has 1 atom stereocenters. The second-order valence-corrected chi connectivity index (χ2v) is 4.08. The first kappa shape index (κ1) is 13.4. The molecule has 0 spiro atoms. The zero-order chi connectivity index (χ0) is 12.0. The van der Waals surface area contributed by atoms with Gasteiger partial charge in [0.2, 0.25) is 5.91 Å². The summed E-state index contributed by atoms with van der Waals surface area (Å²) in [7, 11) is 1.52. The average molecular weight is 232 g/mol. The van der Waals surface area contributed by atoms with Gasteiger partial charge in [0.15, 0.2) is 0 Å². The molecule has 1 saturated heterocycles. The van der Waals surface area contributed by atoms with Crippen molar-refractivity contribution in [3.8, 4) is 0 Å². The lowest BCUT2D eigenvalue weighted by atomic mass is 9.90. The molecule has 0 aromatic rings. The molecular weight excluding hydrogens is 212 g/mol. The van der Waals surface area contributed by atoms with E-state index in [-0.39, 0.29) is 19.1 Å². The molecule has 1 aliphatic heterocycles. The van der Waals surface area contributed by atoms with Crippen LogP contribution in [0.15, 0.2) is 0 Å². The summed E-state index contributed by atoms with van der Waals surface area (Å²) in [4.78, 5) is 11.9. The minimum Gasteiger partial charge on any atom is -0.394 e. The van der Waals surface area contributed by atoms with Gasteiger partial charge in [-0.2, -0.15) is 0 Å². The molecule has 1 rings (SSSR count). The van der Waals surface area contributed by atoms with E-state index in [0.717, 1.165) is 0 Å². The number of aliphatic hydroxyl groups is 1. The number of carbonyl (C=O) groups excluding carboxylic acids is 1. The molecule has 1 unspecified atom stereocenters. The van der Waals surface area contributed by atoms with Crippen molar-refractivity contribution in [2.75, 3.05) is 33.5 Å². The van der Waals surface area contributed by atoms with E-state index < -0.39 is 11.6 Å². The second kappa shape index (κ2) is 6.15. The number of aliphatic hydroxyl groups excluding tert-OH is 1. The van der Waals surface area contributed by atoms with Gasteiger partial charge < -0.3 is 25.6 Å². The molecule has 6 nitrogen and oxygen atoms in total. The van der Waals surface area contributed by atoms with Crippen LogP contribution in [0, 0.1) is 0 Å². The minimum absolute atomic E-state index is 0.161. The summed E-state index contributed by atoms with van der Waals surface area (Å²) >= 11 is 0. The zero-order valence-electron chi connectivity index (χ0n) is 9.57. The Labute approximate surface area is 95.1 Å². The maximum atomic E-state index is 11.9. The van der Waals surface area contributed by atoms with E-state index in [1.165, 1.54) is 7.11 Å². The molecule has 0 saturated carbocycles. The van der Waals surface area contributed by atoms with Crippen LogP contribution in [0.5, 0.6) is 0 Å². The predicted molar refractivity (Wildman–Crippen MR) is 57.9 cm³/mol. The van der Waals surface area contributed by atoms with Crippen molar-refractivity contribution in [2.45, 2.75) is 24.4 Å². The number of nitrogens with two attached hydrogens (primary N) is 1. The van der Waals surface area contributed by atoms with Crippen molar-refractivity contribution in [3.63, 3.8) is 0 Å². The van der Waals surface area contributed by atoms with Crippen LogP contribution in [0.2, 0.25) is 0 Å². The molecule has 0 aliphatic carbocycles. The molecule has 0 aromatic carbocycles. The lowest BCUT2D eigenvalue weighted by molar-refractivity contribution is -0.131. The molecule has 1 fully saturated rings. The molecule has 1 aliphatic rings. The van der Waals surface area contributed by atoms with Crippen LogP contribution >= 0.6 is 0 Å². The van der Waals surface area contributed by atoms with E-state index in [0.29, 0.717) is 26.1 Å². The van der Waals surface area contributed by atoms with Crippen LogP contribution in [-0.4, -0.2) is 56.1 Å². The van der Waals surface area contributed by atoms with Gasteiger partial charge in [0, 0.05) is 20.3 Å². The summed E-state index contributed by atoms with van der Waals surface area (Å²) in [6.45, 7) is 1.11. The van der Waals surface area contributed by atoms with Crippen molar-refractivity contribution < 1.29 is 19.4 Å². The van der Waals surface area contributed by atoms with Crippen molar-refractivity contribution >= 4 is 5.91 Å². The summed E-state index contributed by atoms with van der Waals surface area (Å²) in [5.41, 5.74) is 5.11. The standard InChI is InChI=1S/C10H20N2O4/c1-15-7-8(6-13)12-9(14)10(11)2-4-16-5-3-10/h8,13H,2-7,11H2,1H3,(H,12,14). The highest BCUT2D eigenvalue weighted by Crippen LogP contribution is 2.17. The van der Waals surface area contributed by atoms with E-state index in [4.69, 9.17) is 20.3 Å². The maximum Gasteiger partial charge on any atom is 0.240 e. The van der Waals surface area contributed by atoms with E-state index in [1.807, 2.05) is 0 Å². The normalized spacial score (nSPS) is 21.4. The molecule has 1 amide bonds. The van der Waals surface area contributed by atoms with E-state index >= 15 is 0 Å². The second-order valence-electron chi connectivity index (χ2n) is 4.08. The quantitative estimate of drug-likeness (QED) is 0.543. The molecule has 6 heteroatoms. The average Bonchev–Trinajstić information content (AvgIpc) is 2.29. The number of hydrogen-bond acceptors (Lipinski definition) is 5. The third-order valence-corrected chi connectivity index (χ3v) is 2.76. The Bertz CT molecular complexity index is 229. The SMILES string of the molecule is COCC(CO)NC(=O)C1(N)CCOCC1. The Morgan fingerprint density at radius 2 is 2.25 bits per heavy atom. The topological polar surface area (TPSA) is 93.8 Å². The van der Waals surface area contributed by atoms with Gasteiger partial charge in [0.25, 0.3) is 0 Å². The van der Waals surface area contributed by atoms with Gasteiger partial charge >= 0.3 is 0 Å². The molecule has 1 heterocycles. The molecule has 0 bridgehead atoms. The van der Waals surface area contributed by atoms with Gasteiger partial charge in [-0.05, 0) is 12.8 Å². The van der Waals surface area contributed by atoms with Crippen LogP contribution in [0.25, 0.3) is 0 Å². The smallest absolute Gasteiger partial charge is 0.240 e. The zero-order valence-corrected chi connectivity index (χ0v) is 9.57. The highest BCUT2D eigenvalue weighted by atomic mass is 16.5. The first-order chi connectivity index (χ1) is 7.62. The summed E-state index contributed by atoms with van der Waals surface area (Å²) < 4.78 is 10.0. The van der Waals surface area contributed by atoms with Gasteiger partial charge in [-0.3, -0.25) is 4.79 Å². The fourth-order valence-corrected chi connectivity index (χ4v) is 1.63. The summed E-state index contributed by atoms with van der Waals surface area (Å²) in [6.07, 6.45) is 1.01. The number of methoxy groups -OCH3 is 1. The van der Waals surface area contributed by atoms with E-state index in [1.54, 1.807) is 0 Å². The van der Waals surface area contributed by atoms with Crippen molar-refractivity contribution in [1.29, 1.82) is 0 Å². The third kappa shape index (κ3) is 3.41. The van der Waals surface area contributed by atoms with Crippen LogP contribution in [-0.2, 0) is 14.3 Å². The van der Waals surface area contributed by atoms with Gasteiger partial charge in [-0.1, -0.05) is 0 Å². The Morgan fingerprint density at radius 1 is 1.62 bits per heavy atom. The maximum absolute atomic E-state index is 11.9. The lowest BCUT2D eigenvalue weighted by Crippen LogP contribution is -2.59. The Kier molecular flexibility index (Phi) is 5.14. The van der Waals surface area contributed by atoms with Crippen LogP contribution in [0.3, 0.4) is 0 Å². The summed E-state index contributed by atoms with van der Waals surface area (Å²) in [5, 5.41) is 11.7. The Balaban J connectivity index is 2.48. The van der Waals surface area contributed by atoms with Gasteiger partial charge in [0.05, 0.1) is 24.8 Å². The largest absolute Gasteiger partial charge is 0.394 e.